The van der Waals surface area contributed by atoms with E-state index in [0.29, 0.717) is 24.8 Å². The molecule has 6 N–H and O–H groups in total. The van der Waals surface area contributed by atoms with Gasteiger partial charge in [0.1, 0.15) is 16.8 Å². The van der Waals surface area contributed by atoms with Gasteiger partial charge in [-0.25, -0.2) is 29.6 Å². The van der Waals surface area contributed by atoms with Crippen molar-refractivity contribution in [3.8, 4) is 12.3 Å². The summed E-state index contributed by atoms with van der Waals surface area (Å²) in [6.45, 7) is 35.6. The van der Waals surface area contributed by atoms with Crippen LogP contribution in [0, 0.1) is 57.0 Å². The number of nitrogens with one attached hydrogen (secondary N) is 1. The highest BCUT2D eigenvalue weighted by molar-refractivity contribution is 6.29. The number of esters is 1. The van der Waals surface area contributed by atoms with Crippen LogP contribution in [0.1, 0.15) is 126 Å². The number of terminal acetylenes is 1. The van der Waals surface area contributed by atoms with E-state index >= 15 is 0 Å². The van der Waals surface area contributed by atoms with Gasteiger partial charge in [0.15, 0.2) is 11.8 Å². The number of aliphatic hydroxyl groups is 1. The van der Waals surface area contributed by atoms with Crippen LogP contribution in [-0.4, -0.2) is 98.7 Å². The van der Waals surface area contributed by atoms with Crippen molar-refractivity contribution in [1.82, 2.24) is 25.0 Å². The summed E-state index contributed by atoms with van der Waals surface area (Å²) in [6.07, 6.45) is 24.9. The van der Waals surface area contributed by atoms with E-state index in [2.05, 4.69) is 106 Å². The van der Waals surface area contributed by atoms with Crippen molar-refractivity contribution in [3.05, 3.63) is 112 Å². The number of unbranched alkanes of at least 4 members (excludes halogenated alkanes) is 2. The summed E-state index contributed by atoms with van der Waals surface area (Å²) >= 11 is 5.68. The lowest BCUT2D eigenvalue weighted by Gasteiger charge is -2.15. The van der Waals surface area contributed by atoms with E-state index < -0.39 is 23.0 Å². The molecule has 5 fully saturated rings. The highest BCUT2D eigenvalue weighted by Gasteiger charge is 2.62. The van der Waals surface area contributed by atoms with Gasteiger partial charge in [-0.3, -0.25) is 9.59 Å². The zero-order valence-electron chi connectivity index (χ0n) is 45.0. The first-order valence-corrected chi connectivity index (χ1v) is 25.2. The van der Waals surface area contributed by atoms with Crippen LogP contribution in [0.4, 0.5) is 9.59 Å². The van der Waals surface area contributed by atoms with Crippen LogP contribution in [0.25, 0.3) is 0 Å². The molecule has 404 valence electrons. The number of rotatable bonds is 18. The third-order valence-electron chi connectivity index (χ3n) is 13.1. The minimum absolute atomic E-state index is 0.0628. The second-order valence-electron chi connectivity index (χ2n) is 20.0. The van der Waals surface area contributed by atoms with Gasteiger partial charge in [0.2, 0.25) is 0 Å². The van der Waals surface area contributed by atoms with Crippen molar-refractivity contribution in [3.63, 3.8) is 0 Å². The van der Waals surface area contributed by atoms with Crippen LogP contribution in [0.2, 0.25) is 5.15 Å². The Hall–Kier alpha value is -6.25. The first-order valence-electron chi connectivity index (χ1n) is 24.9. The van der Waals surface area contributed by atoms with Gasteiger partial charge in [-0.15, -0.1) is 13.0 Å². The van der Waals surface area contributed by atoms with E-state index in [-0.39, 0.29) is 55.1 Å². The summed E-state index contributed by atoms with van der Waals surface area (Å²) < 4.78 is 5.20. The maximum absolute atomic E-state index is 12.2. The number of carbonyl (C=O) groups is 4. The van der Waals surface area contributed by atoms with Crippen molar-refractivity contribution < 1.29 is 34.1 Å². The van der Waals surface area contributed by atoms with Gasteiger partial charge in [-0.1, -0.05) is 144 Å². The Morgan fingerprint density at radius 2 is 1.81 bits per heavy atom. The van der Waals surface area contributed by atoms with E-state index in [0.717, 1.165) is 64.5 Å². The molecule has 5 atom stereocenters. The molecular weight excluding hydrogens is 950 g/mol. The molecule has 3 saturated carbocycles. The van der Waals surface area contributed by atoms with E-state index in [4.69, 9.17) is 32.7 Å². The fraction of sp³-hybridized carbons (Fsp3) is 0.564. The second-order valence-corrected chi connectivity index (χ2v) is 20.4. The van der Waals surface area contributed by atoms with Crippen molar-refractivity contribution in [2.45, 2.75) is 133 Å². The monoisotopic (exact) mass is 1030 g/mol. The SMILES string of the molecule is C#CCN1CC(=O)N(COC(=O)C2C(C=C(C)C)C2(C)C)C1=O.C=C1CCC2(C(C)C)CC12.C=CC(=C)CCC=C(C)C.C=C[C@@H](O)CCCCC.NC(N)=O.O=[N+]([O-])/N=C1\NCCN1Cc1ccc(Cl)nc1. The van der Waals surface area contributed by atoms with E-state index in [9.17, 15) is 24.5 Å². The van der Waals surface area contributed by atoms with Crippen LogP contribution in [0.5, 0.6) is 0 Å². The molecule has 3 aliphatic carbocycles. The molecule has 1 aromatic rings. The Morgan fingerprint density at radius 3 is 2.27 bits per heavy atom. The fourth-order valence-corrected chi connectivity index (χ4v) is 8.67. The summed E-state index contributed by atoms with van der Waals surface area (Å²) in [4.78, 5) is 63.2. The highest BCUT2D eigenvalue weighted by atomic mass is 35.5. The quantitative estimate of drug-likeness (QED) is 0.0124. The molecule has 2 saturated heterocycles. The lowest BCUT2D eigenvalue weighted by atomic mass is 9.90. The maximum Gasteiger partial charge on any atom is 0.330 e. The number of imide groups is 1. The lowest BCUT2D eigenvalue weighted by molar-refractivity contribution is -0.485. The Morgan fingerprint density at radius 1 is 1.15 bits per heavy atom. The molecule has 17 nitrogen and oxygen atoms in total. The number of aromatic nitrogens is 1. The summed E-state index contributed by atoms with van der Waals surface area (Å²) in [5.74, 6) is 3.51. The topological polar surface area (TPSA) is 240 Å². The first-order chi connectivity index (χ1) is 34.2. The Balaban J connectivity index is 0.000000470. The van der Waals surface area contributed by atoms with E-state index in [1.165, 1.54) is 48.2 Å². The van der Waals surface area contributed by atoms with Crippen LogP contribution in [0.3, 0.4) is 0 Å². The molecule has 4 unspecified atom stereocenters. The molecule has 0 bridgehead atoms. The molecule has 1 aromatic heterocycles. The van der Waals surface area contributed by atoms with Crippen molar-refractivity contribution in [1.29, 1.82) is 0 Å². The number of hydrogen-bond acceptors (Lipinski definition) is 9. The number of hydrazone groups is 1. The molecule has 0 radical (unpaired) electrons. The number of guanidine groups is 1. The number of fused-ring (bicyclic) bond motifs is 1. The highest BCUT2D eigenvalue weighted by Crippen LogP contribution is 2.69. The van der Waals surface area contributed by atoms with Crippen molar-refractivity contribution >= 4 is 41.5 Å². The van der Waals surface area contributed by atoms with Gasteiger partial charge < -0.3 is 36.4 Å². The molecule has 73 heavy (non-hydrogen) atoms. The van der Waals surface area contributed by atoms with Gasteiger partial charge >= 0.3 is 18.0 Å². The van der Waals surface area contributed by atoms with Crippen molar-refractivity contribution in [2.75, 3.05) is 32.9 Å². The minimum atomic E-state index is -0.833. The van der Waals surface area contributed by atoms with Gasteiger partial charge in [0.25, 0.3) is 11.9 Å². The van der Waals surface area contributed by atoms with Crippen LogP contribution >= 0.6 is 11.6 Å². The van der Waals surface area contributed by atoms with E-state index in [1.54, 1.807) is 23.2 Å². The van der Waals surface area contributed by atoms with Gasteiger partial charge in [0, 0.05) is 25.8 Å². The number of allylic oxidation sites excluding steroid dienone is 7. The molecule has 3 heterocycles. The Kier molecular flexibility index (Phi) is 28.4. The number of nitrogens with zero attached hydrogens (tertiary/aromatic N) is 6. The van der Waals surface area contributed by atoms with Gasteiger partial charge in [-0.2, -0.15) is 0 Å². The lowest BCUT2D eigenvalue weighted by Crippen LogP contribution is -2.36. The average Bonchev–Trinajstić information content (AvgIpc) is 3.97. The van der Waals surface area contributed by atoms with Crippen LogP contribution < -0.4 is 16.8 Å². The van der Waals surface area contributed by atoms with Crippen LogP contribution in [-0.2, 0) is 20.9 Å². The normalized spacial score (nSPS) is 21.1. The molecule has 5 amide bonds. The minimum Gasteiger partial charge on any atom is -0.443 e. The zero-order chi connectivity index (χ0) is 55.6. The third kappa shape index (κ3) is 23.0. The number of aliphatic hydroxyl groups excluding tert-OH is 1. The number of nitro groups is 1. The maximum atomic E-state index is 12.2. The van der Waals surface area contributed by atoms with Crippen LogP contribution in [0.15, 0.2) is 96.3 Å². The number of primary amides is 2. The summed E-state index contributed by atoms with van der Waals surface area (Å²) in [5, 5.41) is 25.1. The molecule has 2 aliphatic heterocycles. The van der Waals surface area contributed by atoms with E-state index in [1.807, 2.05) is 39.8 Å². The molecule has 5 aliphatic rings. The zero-order valence-corrected chi connectivity index (χ0v) is 45.7. The first kappa shape index (κ1) is 64.8. The van der Waals surface area contributed by atoms with Gasteiger partial charge in [0.05, 0.1) is 18.6 Å². The summed E-state index contributed by atoms with van der Waals surface area (Å²) in [7, 11) is 0. The Labute approximate surface area is 440 Å². The molecule has 18 heteroatoms. The fourth-order valence-electron chi connectivity index (χ4n) is 8.55. The Bertz CT molecular complexity index is 2190. The predicted octanol–water partition coefficient (Wildman–Crippen LogP) is 9.92. The number of halogens is 1. The number of hydrogen-bond donors (Lipinski definition) is 4. The number of carbonyl (C=O) groups excluding carboxylic acids is 4. The molecule has 0 spiro atoms. The summed E-state index contributed by atoms with van der Waals surface area (Å²) in [5.41, 5.74) is 15.2. The molecule has 6 rings (SSSR count). The second kappa shape index (κ2) is 32.0. The average molecular weight is 1030 g/mol. The smallest absolute Gasteiger partial charge is 0.330 e. The third-order valence-corrected chi connectivity index (χ3v) is 13.3. The number of urea groups is 2. The van der Waals surface area contributed by atoms with Gasteiger partial charge in [-0.05, 0) is 106 Å². The largest absolute Gasteiger partial charge is 0.443 e. The number of ether oxygens (including phenoxy) is 1. The number of pyridine rings is 1. The molecule has 0 aromatic carbocycles. The number of nitrogens with two attached hydrogens (primary N) is 2. The van der Waals surface area contributed by atoms with Crippen molar-refractivity contribution in [2.24, 2.45) is 51.1 Å². The summed E-state index contributed by atoms with van der Waals surface area (Å²) in [6, 6.07) is 2.17. The number of amides is 5. The molecular formula is C55H84ClN9O8. The standard InChI is InChI=1S/C17H22N2O4.2C10H16.C9H10ClN5O2.C8H16O.CH4N2O/c1-6-7-18-9-13(20)19(16(18)22)10-23-15(21)14-12(8-11(2)3)17(14,4)5;1-7(2)10-5-4-8(3)9(10)6-10;1-5-10(4)8-6-7-9(2)3;10-8-2-1-7(5-12-8)6-14-4-3-11-9(14)13-15(16)17;1-3-5-6-7-8(9)4-2;2-1(3)4/h1,8,12,14H,7,9-10H2,2-5H3;7,9H,3-6H2,1-2H3;5,7H,1,4,6,8H2,2-3H3;1-2,5H,3-4,6H2,(H,11,13);4,8-9H,2-3,5-7H2,1H3;(H4,2,3,4)/t;;;;8-;/m....1./s1. The predicted molar refractivity (Wildman–Crippen MR) is 292 cm³/mol.